The molecule has 0 fully saturated rings. The van der Waals surface area contributed by atoms with E-state index in [9.17, 15) is 9.59 Å². The van der Waals surface area contributed by atoms with Gasteiger partial charge in [-0.3, -0.25) is 9.36 Å². The molecule has 0 aliphatic rings. The first-order chi connectivity index (χ1) is 12.6. The number of nitrogens with zero attached hydrogens (tertiary/aromatic N) is 3. The van der Waals surface area contributed by atoms with Gasteiger partial charge in [0.1, 0.15) is 0 Å². The number of hydrogen-bond acceptors (Lipinski definition) is 5. The Hall–Kier alpha value is -3.00. The van der Waals surface area contributed by atoms with Crippen molar-refractivity contribution in [1.82, 2.24) is 19.7 Å². The second-order valence-corrected chi connectivity index (χ2v) is 6.59. The molecule has 7 nitrogen and oxygen atoms in total. The normalized spacial score (nSPS) is 11.2. The molecule has 4 rings (SSSR count). The minimum atomic E-state index is -0.441. The highest BCUT2D eigenvalue weighted by Crippen LogP contribution is 2.24. The summed E-state index contributed by atoms with van der Waals surface area (Å²) >= 11 is 3.38. The average Bonchev–Trinajstić information content (AvgIpc) is 3.12. The zero-order valence-electron chi connectivity index (χ0n) is 13.7. The predicted molar refractivity (Wildman–Crippen MR) is 101 cm³/mol. The number of halogens is 1. The summed E-state index contributed by atoms with van der Waals surface area (Å²) in [5, 5.41) is 4.43. The van der Waals surface area contributed by atoms with Crippen molar-refractivity contribution < 1.29 is 4.52 Å². The number of fused-ring (bicyclic) bond motifs is 1. The Bertz CT molecular complexity index is 1220. The van der Waals surface area contributed by atoms with Gasteiger partial charge < -0.3 is 9.51 Å². The molecule has 0 radical (unpaired) electrons. The maximum absolute atomic E-state index is 12.3. The second kappa shape index (κ2) is 6.38. The molecule has 0 bridgehead atoms. The molecule has 130 valence electrons. The Kier molecular flexibility index (Phi) is 4.04. The van der Waals surface area contributed by atoms with E-state index in [1.807, 2.05) is 24.3 Å². The number of hydrogen-bond donors (Lipinski definition) is 1. The van der Waals surface area contributed by atoms with E-state index in [1.165, 1.54) is 0 Å². The zero-order valence-corrected chi connectivity index (χ0v) is 15.3. The van der Waals surface area contributed by atoms with E-state index in [2.05, 4.69) is 31.1 Å². The fourth-order valence-corrected chi connectivity index (χ4v) is 3.00. The van der Waals surface area contributed by atoms with E-state index in [0.29, 0.717) is 34.7 Å². The van der Waals surface area contributed by atoms with Crippen LogP contribution in [0, 0.1) is 0 Å². The van der Waals surface area contributed by atoms with Crippen LogP contribution in [0.1, 0.15) is 6.92 Å². The smallest absolute Gasteiger partial charge is 0.328 e. The summed E-state index contributed by atoms with van der Waals surface area (Å²) in [7, 11) is 0. The maximum atomic E-state index is 12.3. The van der Waals surface area contributed by atoms with Gasteiger partial charge in [0.05, 0.1) is 10.9 Å². The van der Waals surface area contributed by atoms with Crippen molar-refractivity contribution in [3.63, 3.8) is 0 Å². The fraction of sp³-hybridized carbons (Fsp3) is 0.111. The third-order valence-corrected chi connectivity index (χ3v) is 4.60. The molecule has 0 spiro atoms. The molecule has 2 aromatic carbocycles. The summed E-state index contributed by atoms with van der Waals surface area (Å²) in [6.45, 7) is 2.06. The monoisotopic (exact) mass is 412 g/mol. The molecule has 0 amide bonds. The molecular weight excluding hydrogens is 400 g/mol. The molecule has 0 unspecified atom stereocenters. The number of aromatic nitrogens is 4. The number of benzene rings is 2. The van der Waals surface area contributed by atoms with Gasteiger partial charge in [-0.25, -0.2) is 4.79 Å². The molecule has 26 heavy (non-hydrogen) atoms. The lowest BCUT2D eigenvalue weighted by Crippen LogP contribution is -2.34. The molecule has 0 aliphatic carbocycles. The summed E-state index contributed by atoms with van der Waals surface area (Å²) in [6, 6.07) is 12.6. The van der Waals surface area contributed by atoms with Crippen LogP contribution in [-0.2, 0) is 6.54 Å². The van der Waals surface area contributed by atoms with Crippen molar-refractivity contribution in [2.24, 2.45) is 0 Å². The van der Waals surface area contributed by atoms with Crippen LogP contribution in [0.5, 0.6) is 0 Å². The van der Waals surface area contributed by atoms with Gasteiger partial charge in [0.25, 0.3) is 11.4 Å². The van der Waals surface area contributed by atoms with Gasteiger partial charge in [0, 0.05) is 22.1 Å². The average molecular weight is 413 g/mol. The molecular formula is C18H13BrN4O3. The van der Waals surface area contributed by atoms with Gasteiger partial charge in [-0.2, -0.15) is 4.98 Å². The van der Waals surface area contributed by atoms with Crippen LogP contribution in [-0.4, -0.2) is 19.7 Å². The van der Waals surface area contributed by atoms with Crippen molar-refractivity contribution in [3.8, 4) is 22.8 Å². The Balaban J connectivity index is 1.79. The fourth-order valence-electron chi connectivity index (χ4n) is 2.73. The topological polar surface area (TPSA) is 93.8 Å². The molecule has 0 aliphatic heterocycles. The first-order valence-corrected chi connectivity index (χ1v) is 8.73. The Morgan fingerprint density at radius 3 is 2.58 bits per heavy atom. The standard InChI is InChI=1S/C18H13BrN4O3/c1-2-23-17(24)13-8-5-11(9-14(13)20-18(23)25)16-21-15(22-26-16)10-3-6-12(19)7-4-10/h3-9H,2H2,1H3,(H,20,25). The minimum absolute atomic E-state index is 0.310. The second-order valence-electron chi connectivity index (χ2n) is 5.67. The van der Waals surface area contributed by atoms with Gasteiger partial charge in [-0.15, -0.1) is 0 Å². The quantitative estimate of drug-likeness (QED) is 0.557. The molecule has 8 heteroatoms. The van der Waals surface area contributed by atoms with Gasteiger partial charge in [0.15, 0.2) is 0 Å². The summed E-state index contributed by atoms with van der Waals surface area (Å²) in [5.74, 6) is 0.771. The summed E-state index contributed by atoms with van der Waals surface area (Å²) in [4.78, 5) is 31.4. The lowest BCUT2D eigenvalue weighted by atomic mass is 10.1. The molecule has 0 atom stereocenters. The van der Waals surface area contributed by atoms with Crippen molar-refractivity contribution in [2.45, 2.75) is 13.5 Å². The largest absolute Gasteiger partial charge is 0.334 e. The van der Waals surface area contributed by atoms with Gasteiger partial charge in [0.2, 0.25) is 5.82 Å². The highest BCUT2D eigenvalue weighted by atomic mass is 79.9. The zero-order chi connectivity index (χ0) is 18.3. The molecule has 2 aromatic heterocycles. The first-order valence-electron chi connectivity index (χ1n) is 7.93. The number of H-pyrrole nitrogens is 1. The van der Waals surface area contributed by atoms with E-state index in [0.717, 1.165) is 14.6 Å². The predicted octanol–water partition coefficient (Wildman–Crippen LogP) is 3.19. The van der Waals surface area contributed by atoms with Crippen LogP contribution in [0.2, 0.25) is 0 Å². The van der Waals surface area contributed by atoms with E-state index >= 15 is 0 Å². The molecule has 0 saturated carbocycles. The van der Waals surface area contributed by atoms with Gasteiger partial charge >= 0.3 is 5.69 Å². The molecule has 2 heterocycles. The van der Waals surface area contributed by atoms with Crippen LogP contribution >= 0.6 is 15.9 Å². The van der Waals surface area contributed by atoms with Crippen molar-refractivity contribution in [2.75, 3.05) is 0 Å². The summed E-state index contributed by atoms with van der Waals surface area (Å²) in [6.07, 6.45) is 0. The van der Waals surface area contributed by atoms with E-state index in [-0.39, 0.29) is 5.56 Å². The van der Waals surface area contributed by atoms with E-state index in [4.69, 9.17) is 4.52 Å². The van der Waals surface area contributed by atoms with Crippen LogP contribution < -0.4 is 11.2 Å². The Morgan fingerprint density at radius 1 is 1.12 bits per heavy atom. The maximum Gasteiger partial charge on any atom is 0.328 e. The number of rotatable bonds is 3. The van der Waals surface area contributed by atoms with Crippen LogP contribution in [0.3, 0.4) is 0 Å². The molecule has 0 saturated heterocycles. The van der Waals surface area contributed by atoms with Gasteiger partial charge in [-0.1, -0.05) is 21.1 Å². The highest BCUT2D eigenvalue weighted by Gasteiger charge is 2.13. The summed E-state index contributed by atoms with van der Waals surface area (Å²) in [5.41, 5.74) is 1.12. The minimum Gasteiger partial charge on any atom is -0.334 e. The lowest BCUT2D eigenvalue weighted by molar-refractivity contribution is 0.432. The SMILES string of the molecule is CCn1c(=O)[nH]c2cc(-c3nc(-c4ccc(Br)cc4)no3)ccc2c1=O. The highest BCUT2D eigenvalue weighted by molar-refractivity contribution is 9.10. The number of aromatic amines is 1. The molecule has 1 N–H and O–H groups in total. The van der Waals surface area contributed by atoms with E-state index in [1.54, 1.807) is 25.1 Å². The van der Waals surface area contributed by atoms with Crippen LogP contribution in [0.15, 0.2) is 61.0 Å². The van der Waals surface area contributed by atoms with Crippen LogP contribution in [0.25, 0.3) is 33.7 Å². The van der Waals surface area contributed by atoms with Crippen molar-refractivity contribution >= 4 is 26.8 Å². The third kappa shape index (κ3) is 2.78. The first kappa shape index (κ1) is 16.5. The Morgan fingerprint density at radius 2 is 1.85 bits per heavy atom. The number of nitrogens with one attached hydrogen (secondary N) is 1. The van der Waals surface area contributed by atoms with Crippen LogP contribution in [0.4, 0.5) is 0 Å². The Labute approximate surface area is 155 Å². The lowest BCUT2D eigenvalue weighted by Gasteiger charge is -2.04. The van der Waals surface area contributed by atoms with Crippen molar-refractivity contribution in [3.05, 3.63) is 67.8 Å². The van der Waals surface area contributed by atoms with Crippen molar-refractivity contribution in [1.29, 1.82) is 0 Å². The third-order valence-electron chi connectivity index (χ3n) is 4.07. The van der Waals surface area contributed by atoms with E-state index < -0.39 is 5.69 Å². The van der Waals surface area contributed by atoms with Gasteiger partial charge in [-0.05, 0) is 49.4 Å². The summed E-state index contributed by atoms with van der Waals surface area (Å²) < 4.78 is 7.45. The molecule has 4 aromatic rings.